The summed E-state index contributed by atoms with van der Waals surface area (Å²) >= 11 is 0. The van der Waals surface area contributed by atoms with Crippen molar-refractivity contribution >= 4 is 98.1 Å². The van der Waals surface area contributed by atoms with Crippen LogP contribution in [0.25, 0.3) is 177 Å². The average molecular weight is 1110 g/mol. The number of fused-ring (bicyclic) bond motifs is 11. The van der Waals surface area contributed by atoms with Gasteiger partial charge in [-0.1, -0.05) is 218 Å². The van der Waals surface area contributed by atoms with E-state index in [0.717, 1.165) is 121 Å². The third-order valence-electron chi connectivity index (χ3n) is 17.4. The van der Waals surface area contributed by atoms with Gasteiger partial charge in [-0.25, -0.2) is 24.9 Å². The van der Waals surface area contributed by atoms with Gasteiger partial charge in [0.05, 0.1) is 44.5 Å². The van der Waals surface area contributed by atoms with Crippen LogP contribution in [-0.4, -0.2) is 34.1 Å². The molecule has 8 heteroatoms. The van der Waals surface area contributed by atoms with Crippen LogP contribution in [0.2, 0.25) is 0 Å². The van der Waals surface area contributed by atoms with Gasteiger partial charge in [0, 0.05) is 49.0 Å². The van der Waals surface area contributed by atoms with Gasteiger partial charge in [-0.05, 0) is 122 Å². The molecule has 0 saturated carbocycles. The average Bonchev–Trinajstić information content (AvgIpc) is 1.74. The molecule has 0 unspecified atom stereocenters. The Morgan fingerprint density at radius 2 is 0.667 bits per heavy atom. The summed E-state index contributed by atoms with van der Waals surface area (Å²) in [6, 6.07) is 101. The van der Waals surface area contributed by atoms with Crippen molar-refractivity contribution in [2.75, 3.05) is 0 Å². The normalized spacial score (nSPS) is 11.9. The molecule has 18 rings (SSSR count). The SMILES string of the molecule is c1ccc(-c2nc3cc4c(cc3o2)c2cc(-c3ccc5c(c3)c3ccccc3n5-c3nc(-c5ccc(-c6cccc7ccccc67)cc5)c5ccccc5n3)ccc2n4-c2nc(-c3ccc(-c4cccc5ccccc45)cc3)c3ccccc3n2)cc1. The highest BCUT2D eigenvalue weighted by atomic mass is 16.3. The fraction of sp³-hybridized carbons (Fsp3) is 0. The van der Waals surface area contributed by atoms with Crippen LogP contribution in [-0.2, 0) is 0 Å². The smallest absolute Gasteiger partial charge is 0.235 e. The Hall–Kier alpha value is -11.9. The summed E-state index contributed by atoms with van der Waals surface area (Å²) in [5.41, 5.74) is 18.6. The number of rotatable bonds is 8. The molecule has 404 valence electrons. The zero-order valence-electron chi connectivity index (χ0n) is 46.7. The fourth-order valence-electron chi connectivity index (χ4n) is 13.2. The molecule has 0 N–H and O–H groups in total. The minimum absolute atomic E-state index is 0.562. The van der Waals surface area contributed by atoms with Crippen LogP contribution in [0.1, 0.15) is 0 Å². The number of oxazole rings is 1. The van der Waals surface area contributed by atoms with Crippen LogP contribution in [0.5, 0.6) is 0 Å². The van der Waals surface area contributed by atoms with Crippen molar-refractivity contribution in [3.63, 3.8) is 0 Å². The molecule has 5 heterocycles. The predicted octanol–water partition coefficient (Wildman–Crippen LogP) is 20.2. The second kappa shape index (κ2) is 19.4. The molecular formula is C79H47N7O. The van der Waals surface area contributed by atoms with E-state index in [4.69, 9.17) is 29.3 Å². The van der Waals surface area contributed by atoms with Crippen molar-refractivity contribution in [3.8, 4) is 79.2 Å². The molecule has 5 aromatic heterocycles. The molecule has 0 amide bonds. The van der Waals surface area contributed by atoms with Crippen molar-refractivity contribution in [1.29, 1.82) is 0 Å². The van der Waals surface area contributed by atoms with Crippen molar-refractivity contribution < 1.29 is 4.42 Å². The number of para-hydroxylation sites is 3. The minimum Gasteiger partial charge on any atom is -0.436 e. The first kappa shape index (κ1) is 48.6. The molecule has 18 aromatic rings. The summed E-state index contributed by atoms with van der Waals surface area (Å²) in [6.45, 7) is 0. The molecule has 0 radical (unpaired) electrons. The maximum Gasteiger partial charge on any atom is 0.235 e. The molecule has 8 nitrogen and oxygen atoms in total. The van der Waals surface area contributed by atoms with Crippen LogP contribution >= 0.6 is 0 Å². The molecule has 0 aliphatic heterocycles. The van der Waals surface area contributed by atoms with E-state index >= 15 is 0 Å². The van der Waals surface area contributed by atoms with E-state index in [1.54, 1.807) is 0 Å². The zero-order chi connectivity index (χ0) is 57.1. The Kier molecular flexibility index (Phi) is 10.8. The second-order valence-electron chi connectivity index (χ2n) is 22.4. The lowest BCUT2D eigenvalue weighted by Gasteiger charge is -2.13. The molecule has 13 aromatic carbocycles. The third kappa shape index (κ3) is 7.89. The maximum absolute atomic E-state index is 6.59. The van der Waals surface area contributed by atoms with Gasteiger partial charge in [0.2, 0.25) is 17.8 Å². The largest absolute Gasteiger partial charge is 0.436 e. The van der Waals surface area contributed by atoms with Crippen LogP contribution in [0, 0.1) is 0 Å². The van der Waals surface area contributed by atoms with Crippen LogP contribution < -0.4 is 0 Å². The lowest BCUT2D eigenvalue weighted by atomic mass is 9.96. The predicted molar refractivity (Wildman–Crippen MR) is 357 cm³/mol. The van der Waals surface area contributed by atoms with E-state index in [2.05, 4.69) is 252 Å². The topological polar surface area (TPSA) is 87.5 Å². The highest BCUT2D eigenvalue weighted by Crippen LogP contribution is 2.42. The summed E-state index contributed by atoms with van der Waals surface area (Å²) in [5, 5.41) is 11.1. The Labute approximate surface area is 498 Å². The van der Waals surface area contributed by atoms with E-state index in [1.165, 1.54) is 32.7 Å². The van der Waals surface area contributed by atoms with Crippen molar-refractivity contribution in [2.24, 2.45) is 0 Å². The second-order valence-corrected chi connectivity index (χ2v) is 22.4. The van der Waals surface area contributed by atoms with E-state index in [1.807, 2.05) is 42.5 Å². The van der Waals surface area contributed by atoms with E-state index in [-0.39, 0.29) is 0 Å². The van der Waals surface area contributed by atoms with Gasteiger partial charge in [0.1, 0.15) is 5.52 Å². The Bertz CT molecular complexity index is 5810. The van der Waals surface area contributed by atoms with Gasteiger partial charge in [-0.3, -0.25) is 9.13 Å². The lowest BCUT2D eigenvalue weighted by molar-refractivity contribution is 0.620. The Morgan fingerprint density at radius 1 is 0.241 bits per heavy atom. The standard InChI is InChI=1S/C79H47N7O/c1-2-18-54(19-3-1)77-80-69-47-73-66(46-74(69)87-77)65-45-56(41-43-72(65)86(73)79-82-68-30-12-9-26-63(68)76(84-79)53-38-34-51(35-39-53)60-28-15-21-49-17-5-7-23-58(49)60)55-40-42-71-64(44-55)61-24-10-13-31-70(61)85(71)78-81-67-29-11-8-25-62(67)75(83-78)52-36-32-50(33-37-52)59-27-14-20-48-16-4-6-22-57(48)59/h1-47H. The quantitative estimate of drug-likeness (QED) is 0.151. The summed E-state index contributed by atoms with van der Waals surface area (Å²) in [4.78, 5) is 26.7. The fourth-order valence-corrected chi connectivity index (χ4v) is 13.2. The lowest BCUT2D eigenvalue weighted by Crippen LogP contribution is -2.03. The molecule has 0 fully saturated rings. The van der Waals surface area contributed by atoms with Gasteiger partial charge in [0.25, 0.3) is 0 Å². The Morgan fingerprint density at radius 3 is 1.24 bits per heavy atom. The van der Waals surface area contributed by atoms with Crippen molar-refractivity contribution in [3.05, 3.63) is 285 Å². The zero-order valence-corrected chi connectivity index (χ0v) is 46.7. The highest BCUT2D eigenvalue weighted by molar-refractivity contribution is 6.15. The number of aromatic nitrogens is 7. The minimum atomic E-state index is 0.562. The van der Waals surface area contributed by atoms with Gasteiger partial charge in [-0.15, -0.1) is 0 Å². The molecule has 0 bridgehead atoms. The Balaban J connectivity index is 0.781. The van der Waals surface area contributed by atoms with Gasteiger partial charge >= 0.3 is 0 Å². The maximum atomic E-state index is 6.59. The van der Waals surface area contributed by atoms with Crippen molar-refractivity contribution in [2.45, 2.75) is 0 Å². The summed E-state index contributed by atoms with van der Waals surface area (Å²) in [5.74, 6) is 1.74. The number of benzene rings is 13. The number of nitrogens with zero attached hydrogens (tertiary/aromatic N) is 7. The molecule has 0 atom stereocenters. The van der Waals surface area contributed by atoms with Crippen molar-refractivity contribution in [1.82, 2.24) is 34.1 Å². The van der Waals surface area contributed by atoms with E-state index < -0.39 is 0 Å². The van der Waals surface area contributed by atoms with Gasteiger partial charge in [0.15, 0.2) is 5.58 Å². The summed E-state index contributed by atoms with van der Waals surface area (Å²) in [6.07, 6.45) is 0. The number of hydrogen-bond donors (Lipinski definition) is 0. The van der Waals surface area contributed by atoms with Gasteiger partial charge in [-0.2, -0.15) is 0 Å². The molecular weight excluding hydrogens is 1060 g/mol. The first-order valence-electron chi connectivity index (χ1n) is 29.3. The molecule has 0 aliphatic rings. The summed E-state index contributed by atoms with van der Waals surface area (Å²) < 4.78 is 11.0. The monoisotopic (exact) mass is 1110 g/mol. The van der Waals surface area contributed by atoms with E-state index in [0.29, 0.717) is 23.4 Å². The first-order chi connectivity index (χ1) is 43.1. The third-order valence-corrected chi connectivity index (χ3v) is 17.4. The summed E-state index contributed by atoms with van der Waals surface area (Å²) in [7, 11) is 0. The first-order valence-corrected chi connectivity index (χ1v) is 29.3. The van der Waals surface area contributed by atoms with Gasteiger partial charge < -0.3 is 4.42 Å². The van der Waals surface area contributed by atoms with E-state index in [9.17, 15) is 0 Å². The van der Waals surface area contributed by atoms with Crippen LogP contribution in [0.3, 0.4) is 0 Å². The van der Waals surface area contributed by atoms with Crippen LogP contribution in [0.15, 0.2) is 290 Å². The molecule has 0 aliphatic carbocycles. The molecule has 0 spiro atoms. The molecule has 0 saturated heterocycles. The van der Waals surface area contributed by atoms with Crippen LogP contribution in [0.4, 0.5) is 0 Å². The molecule has 87 heavy (non-hydrogen) atoms. The highest BCUT2D eigenvalue weighted by Gasteiger charge is 2.23. The number of hydrogen-bond acceptors (Lipinski definition) is 6.